The first-order valence-electron chi connectivity index (χ1n) is 8.27. The first-order valence-corrected chi connectivity index (χ1v) is 8.65. The number of ether oxygens (including phenoxy) is 1. The maximum Gasteiger partial charge on any atom is 0.240 e. The maximum absolute atomic E-state index is 11.8. The maximum atomic E-state index is 11.8. The fraction of sp³-hybridized carbons (Fsp3) is 0.150. The Kier molecular flexibility index (Phi) is 6.17. The number of aromatic nitrogens is 1. The molecule has 0 unspecified atom stereocenters. The van der Waals surface area contributed by atoms with E-state index in [9.17, 15) is 4.79 Å². The molecule has 0 aliphatic heterocycles. The SMILES string of the molecule is O=C(CCCOc1cccc2cccnc12)N/N=C/c1ccccc1Cl. The second-order valence-corrected chi connectivity index (χ2v) is 6.01. The van der Waals surface area contributed by atoms with E-state index in [2.05, 4.69) is 15.5 Å². The van der Waals surface area contributed by atoms with Gasteiger partial charge >= 0.3 is 0 Å². The molecule has 0 aliphatic carbocycles. The highest BCUT2D eigenvalue weighted by atomic mass is 35.5. The van der Waals surface area contributed by atoms with Crippen LogP contribution in [0, 0.1) is 0 Å². The number of nitrogens with one attached hydrogen (secondary N) is 1. The highest BCUT2D eigenvalue weighted by molar-refractivity contribution is 6.33. The Hall–Kier alpha value is -2.92. The van der Waals surface area contributed by atoms with Crippen molar-refractivity contribution < 1.29 is 9.53 Å². The molecular weight excluding hydrogens is 350 g/mol. The molecule has 1 N–H and O–H groups in total. The van der Waals surface area contributed by atoms with Gasteiger partial charge in [0, 0.05) is 28.6 Å². The molecule has 0 aliphatic rings. The van der Waals surface area contributed by atoms with Gasteiger partial charge in [-0.05, 0) is 24.6 Å². The summed E-state index contributed by atoms with van der Waals surface area (Å²) >= 11 is 6.02. The van der Waals surface area contributed by atoms with Crippen molar-refractivity contribution >= 4 is 34.6 Å². The Balaban J connectivity index is 1.43. The Bertz CT molecular complexity index is 922. The number of nitrogens with zero attached hydrogens (tertiary/aromatic N) is 2. The number of benzene rings is 2. The van der Waals surface area contributed by atoms with Gasteiger partial charge in [-0.1, -0.05) is 48.0 Å². The minimum absolute atomic E-state index is 0.173. The molecule has 0 bridgehead atoms. The Morgan fingerprint density at radius 1 is 1.15 bits per heavy atom. The summed E-state index contributed by atoms with van der Waals surface area (Å²) in [6, 6.07) is 16.9. The Morgan fingerprint density at radius 3 is 2.88 bits per heavy atom. The van der Waals surface area contributed by atoms with Crippen LogP contribution in [0.5, 0.6) is 5.75 Å². The van der Waals surface area contributed by atoms with E-state index >= 15 is 0 Å². The molecule has 6 heteroatoms. The standard InChI is InChI=1S/C20H18ClN3O2/c21-17-9-2-1-6-16(17)14-23-24-19(25)11-5-13-26-18-10-3-7-15-8-4-12-22-20(15)18/h1-4,6-10,12,14H,5,11,13H2,(H,24,25)/b23-14+. The normalized spacial score (nSPS) is 11.0. The number of hydrazone groups is 1. The minimum atomic E-state index is -0.173. The van der Waals surface area contributed by atoms with Crippen LogP contribution in [0.15, 0.2) is 65.9 Å². The highest BCUT2D eigenvalue weighted by Crippen LogP contribution is 2.23. The van der Waals surface area contributed by atoms with Crippen LogP contribution in [0.4, 0.5) is 0 Å². The lowest BCUT2D eigenvalue weighted by Crippen LogP contribution is -2.18. The number of halogens is 1. The number of para-hydroxylation sites is 1. The molecule has 0 saturated heterocycles. The van der Waals surface area contributed by atoms with Gasteiger partial charge in [0.1, 0.15) is 11.3 Å². The van der Waals surface area contributed by atoms with E-state index in [4.69, 9.17) is 16.3 Å². The van der Waals surface area contributed by atoms with Crippen LogP contribution in [-0.2, 0) is 4.79 Å². The summed E-state index contributed by atoms with van der Waals surface area (Å²) in [6.07, 6.45) is 4.16. The fourth-order valence-electron chi connectivity index (χ4n) is 2.42. The van der Waals surface area contributed by atoms with Gasteiger partial charge < -0.3 is 4.74 Å². The van der Waals surface area contributed by atoms with Crippen molar-refractivity contribution in [2.45, 2.75) is 12.8 Å². The molecule has 132 valence electrons. The lowest BCUT2D eigenvalue weighted by atomic mass is 10.2. The predicted molar refractivity (Wildman–Crippen MR) is 104 cm³/mol. The number of hydrogen-bond donors (Lipinski definition) is 1. The summed E-state index contributed by atoms with van der Waals surface area (Å²) < 4.78 is 5.76. The Labute approximate surface area is 156 Å². The van der Waals surface area contributed by atoms with E-state index in [0.29, 0.717) is 24.5 Å². The number of hydrogen-bond acceptors (Lipinski definition) is 4. The number of amides is 1. The van der Waals surface area contributed by atoms with Crippen molar-refractivity contribution in [2.75, 3.05) is 6.61 Å². The first kappa shape index (κ1) is 17.9. The monoisotopic (exact) mass is 367 g/mol. The van der Waals surface area contributed by atoms with Crippen LogP contribution in [0.2, 0.25) is 5.02 Å². The van der Waals surface area contributed by atoms with E-state index in [0.717, 1.165) is 22.2 Å². The summed E-state index contributed by atoms with van der Waals surface area (Å²) in [4.78, 5) is 16.2. The zero-order valence-electron chi connectivity index (χ0n) is 14.1. The molecule has 3 aromatic rings. The summed E-state index contributed by atoms with van der Waals surface area (Å²) in [5, 5.41) is 5.53. The van der Waals surface area contributed by atoms with Gasteiger partial charge in [0.2, 0.25) is 5.91 Å². The molecule has 0 radical (unpaired) electrons. The molecule has 26 heavy (non-hydrogen) atoms. The first-order chi connectivity index (χ1) is 12.7. The Morgan fingerprint density at radius 2 is 2.00 bits per heavy atom. The van der Waals surface area contributed by atoms with Gasteiger partial charge in [0.25, 0.3) is 0 Å². The zero-order valence-corrected chi connectivity index (χ0v) is 14.8. The van der Waals surface area contributed by atoms with Gasteiger partial charge in [0.05, 0.1) is 12.8 Å². The van der Waals surface area contributed by atoms with E-state index < -0.39 is 0 Å². The topological polar surface area (TPSA) is 63.6 Å². The average molecular weight is 368 g/mol. The van der Waals surface area contributed by atoms with Crippen LogP contribution in [0.1, 0.15) is 18.4 Å². The second-order valence-electron chi connectivity index (χ2n) is 5.60. The molecule has 1 aromatic heterocycles. The molecule has 2 aromatic carbocycles. The third-order valence-electron chi connectivity index (χ3n) is 3.70. The summed E-state index contributed by atoms with van der Waals surface area (Å²) in [5.41, 5.74) is 4.06. The average Bonchev–Trinajstić information content (AvgIpc) is 2.67. The van der Waals surface area contributed by atoms with Gasteiger partial charge in [-0.25, -0.2) is 5.43 Å². The molecule has 5 nitrogen and oxygen atoms in total. The van der Waals surface area contributed by atoms with Crippen molar-refractivity contribution in [2.24, 2.45) is 5.10 Å². The van der Waals surface area contributed by atoms with Crippen LogP contribution >= 0.6 is 11.6 Å². The van der Waals surface area contributed by atoms with E-state index in [-0.39, 0.29) is 5.91 Å². The number of carbonyl (C=O) groups is 1. The van der Waals surface area contributed by atoms with E-state index in [1.54, 1.807) is 12.3 Å². The molecule has 0 fully saturated rings. The minimum Gasteiger partial charge on any atom is -0.491 e. The smallest absolute Gasteiger partial charge is 0.240 e. The molecule has 1 heterocycles. The third kappa shape index (κ3) is 4.80. The van der Waals surface area contributed by atoms with Gasteiger partial charge in [-0.3, -0.25) is 9.78 Å². The van der Waals surface area contributed by atoms with Crippen LogP contribution in [0.25, 0.3) is 10.9 Å². The highest BCUT2D eigenvalue weighted by Gasteiger charge is 2.04. The third-order valence-corrected chi connectivity index (χ3v) is 4.04. The largest absolute Gasteiger partial charge is 0.491 e. The molecular formula is C20H18ClN3O2. The van der Waals surface area contributed by atoms with Crippen LogP contribution in [0.3, 0.4) is 0 Å². The zero-order chi connectivity index (χ0) is 18.2. The quantitative estimate of drug-likeness (QED) is 0.386. The summed E-state index contributed by atoms with van der Waals surface area (Å²) in [7, 11) is 0. The lowest BCUT2D eigenvalue weighted by Gasteiger charge is -2.08. The van der Waals surface area contributed by atoms with E-state index in [1.807, 2.05) is 48.5 Å². The van der Waals surface area contributed by atoms with E-state index in [1.165, 1.54) is 6.21 Å². The van der Waals surface area contributed by atoms with Crippen molar-refractivity contribution in [3.63, 3.8) is 0 Å². The molecule has 0 atom stereocenters. The number of fused-ring (bicyclic) bond motifs is 1. The van der Waals surface area contributed by atoms with Crippen molar-refractivity contribution in [3.8, 4) is 5.75 Å². The van der Waals surface area contributed by atoms with Crippen LogP contribution < -0.4 is 10.2 Å². The van der Waals surface area contributed by atoms with Crippen molar-refractivity contribution in [1.82, 2.24) is 10.4 Å². The van der Waals surface area contributed by atoms with Gasteiger partial charge in [-0.2, -0.15) is 5.10 Å². The fourth-order valence-corrected chi connectivity index (χ4v) is 2.60. The van der Waals surface area contributed by atoms with Crippen molar-refractivity contribution in [3.05, 3.63) is 71.4 Å². The summed E-state index contributed by atoms with van der Waals surface area (Å²) in [5.74, 6) is 0.549. The lowest BCUT2D eigenvalue weighted by molar-refractivity contribution is -0.121. The van der Waals surface area contributed by atoms with Gasteiger partial charge in [0.15, 0.2) is 0 Å². The number of rotatable bonds is 7. The van der Waals surface area contributed by atoms with Crippen molar-refractivity contribution in [1.29, 1.82) is 0 Å². The molecule has 3 rings (SSSR count). The molecule has 1 amide bonds. The number of carbonyl (C=O) groups excluding carboxylic acids is 1. The number of pyridine rings is 1. The summed E-state index contributed by atoms with van der Waals surface area (Å²) in [6.45, 7) is 0.428. The molecule has 0 spiro atoms. The molecule has 0 saturated carbocycles. The second kappa shape index (κ2) is 8.97. The van der Waals surface area contributed by atoms with Gasteiger partial charge in [-0.15, -0.1) is 0 Å². The van der Waals surface area contributed by atoms with Crippen LogP contribution in [-0.4, -0.2) is 23.7 Å². The predicted octanol–water partition coefficient (Wildman–Crippen LogP) is 4.20.